The monoisotopic (exact) mass is 255 g/mol. The van der Waals surface area contributed by atoms with Crippen LogP contribution in [0.1, 0.15) is 17.8 Å². The molecular weight excluding hydrogens is 242 g/mol. The van der Waals surface area contributed by atoms with Crippen molar-refractivity contribution in [1.82, 2.24) is 20.8 Å². The number of nitrogens with zero attached hydrogens (tertiary/aromatic N) is 2. The highest BCUT2D eigenvalue weighted by Gasteiger charge is 2.23. The topological polar surface area (TPSA) is 96.0 Å². The Morgan fingerprint density at radius 1 is 1.53 bits per heavy atom. The van der Waals surface area contributed by atoms with Gasteiger partial charge in [-0.05, 0) is 19.8 Å². The summed E-state index contributed by atoms with van der Waals surface area (Å²) in [6, 6.07) is -0.888. The van der Waals surface area contributed by atoms with E-state index >= 15 is 0 Å². The summed E-state index contributed by atoms with van der Waals surface area (Å²) in [7, 11) is 0. The maximum atomic E-state index is 11.6. The lowest BCUT2D eigenvalue weighted by Gasteiger charge is -2.22. The molecule has 1 aromatic rings. The minimum Gasteiger partial charge on any atom is -0.354 e. The molecule has 1 atom stereocenters. The van der Waals surface area contributed by atoms with E-state index in [1.54, 1.807) is 6.92 Å². The van der Waals surface area contributed by atoms with Gasteiger partial charge in [-0.2, -0.15) is 0 Å². The molecule has 0 unspecified atom stereocenters. The molecule has 2 heterocycles. The van der Waals surface area contributed by atoms with Crippen molar-refractivity contribution in [2.24, 2.45) is 0 Å². The molecule has 0 aliphatic carbocycles. The van der Waals surface area contributed by atoms with Gasteiger partial charge in [-0.25, -0.2) is 4.79 Å². The number of amides is 3. The maximum absolute atomic E-state index is 11.6. The summed E-state index contributed by atoms with van der Waals surface area (Å²) in [5.74, 6) is -0.139. The largest absolute Gasteiger partial charge is 0.354 e. The van der Waals surface area contributed by atoms with Crippen LogP contribution in [0.5, 0.6) is 0 Å². The molecule has 0 bridgehead atoms. The van der Waals surface area contributed by atoms with Gasteiger partial charge in [0.2, 0.25) is 11.0 Å². The molecule has 1 saturated heterocycles. The fraction of sp³-hybridized carbons (Fsp3) is 0.556. The fourth-order valence-corrected chi connectivity index (χ4v) is 2.14. The fourth-order valence-electron chi connectivity index (χ4n) is 1.55. The number of rotatable bonds is 2. The zero-order valence-corrected chi connectivity index (χ0v) is 10.1. The zero-order valence-electron chi connectivity index (χ0n) is 9.32. The molecule has 0 spiro atoms. The molecule has 2 rings (SSSR count). The first-order valence-corrected chi connectivity index (χ1v) is 6.12. The third-order valence-electron chi connectivity index (χ3n) is 2.34. The molecule has 3 amide bonds. The molecule has 0 saturated carbocycles. The van der Waals surface area contributed by atoms with E-state index in [9.17, 15) is 9.59 Å². The molecule has 92 valence electrons. The maximum Gasteiger partial charge on any atom is 0.321 e. The van der Waals surface area contributed by atoms with Gasteiger partial charge < -0.3 is 10.6 Å². The molecule has 7 nitrogen and oxygen atoms in total. The third-order valence-corrected chi connectivity index (χ3v) is 3.09. The zero-order chi connectivity index (χ0) is 12.3. The van der Waals surface area contributed by atoms with E-state index in [0.29, 0.717) is 18.1 Å². The van der Waals surface area contributed by atoms with E-state index < -0.39 is 12.1 Å². The molecule has 3 N–H and O–H groups in total. The number of hydrogen-bond donors (Lipinski definition) is 3. The summed E-state index contributed by atoms with van der Waals surface area (Å²) in [5, 5.41) is 16.6. The van der Waals surface area contributed by atoms with Gasteiger partial charge in [-0.3, -0.25) is 10.1 Å². The second kappa shape index (κ2) is 5.09. The summed E-state index contributed by atoms with van der Waals surface area (Å²) in [4.78, 5) is 23.0. The second-order valence-electron chi connectivity index (χ2n) is 3.71. The van der Waals surface area contributed by atoms with Gasteiger partial charge in [0, 0.05) is 6.54 Å². The van der Waals surface area contributed by atoms with E-state index in [-0.39, 0.29) is 5.91 Å². The summed E-state index contributed by atoms with van der Waals surface area (Å²) < 4.78 is 0. The van der Waals surface area contributed by atoms with Crippen LogP contribution in [0.15, 0.2) is 0 Å². The van der Waals surface area contributed by atoms with Crippen molar-refractivity contribution < 1.29 is 9.59 Å². The van der Waals surface area contributed by atoms with E-state index in [1.807, 2.05) is 0 Å². The first-order valence-electron chi connectivity index (χ1n) is 5.30. The third kappa shape index (κ3) is 3.13. The number of piperidine rings is 1. The van der Waals surface area contributed by atoms with Crippen molar-refractivity contribution in [2.45, 2.75) is 25.8 Å². The Morgan fingerprint density at radius 2 is 2.35 bits per heavy atom. The minimum absolute atomic E-state index is 0.139. The van der Waals surface area contributed by atoms with Gasteiger partial charge in [-0.1, -0.05) is 11.3 Å². The summed E-state index contributed by atoms with van der Waals surface area (Å²) >= 11 is 1.28. The lowest BCUT2D eigenvalue weighted by molar-refractivity contribution is -0.124. The summed E-state index contributed by atoms with van der Waals surface area (Å²) in [6.45, 7) is 2.48. The number of urea groups is 1. The first kappa shape index (κ1) is 11.8. The Hall–Kier alpha value is -1.70. The highest BCUT2D eigenvalue weighted by molar-refractivity contribution is 7.15. The van der Waals surface area contributed by atoms with Crippen LogP contribution in [0.2, 0.25) is 0 Å². The average Bonchev–Trinajstić information content (AvgIpc) is 2.67. The van der Waals surface area contributed by atoms with E-state index in [0.717, 1.165) is 11.4 Å². The van der Waals surface area contributed by atoms with Crippen LogP contribution < -0.4 is 16.0 Å². The Bertz CT molecular complexity index is 433. The molecular formula is C9H13N5O2S. The van der Waals surface area contributed by atoms with Crippen LogP contribution in [0.25, 0.3) is 0 Å². The normalized spacial score (nSPS) is 19.6. The molecule has 1 fully saturated rings. The van der Waals surface area contributed by atoms with Crippen molar-refractivity contribution in [1.29, 1.82) is 0 Å². The van der Waals surface area contributed by atoms with Crippen molar-refractivity contribution >= 4 is 28.4 Å². The molecule has 0 radical (unpaired) electrons. The van der Waals surface area contributed by atoms with Crippen LogP contribution in [0.3, 0.4) is 0 Å². The van der Waals surface area contributed by atoms with Crippen LogP contribution in [-0.4, -0.2) is 34.7 Å². The van der Waals surface area contributed by atoms with Crippen molar-refractivity contribution in [2.75, 3.05) is 11.9 Å². The predicted molar refractivity (Wildman–Crippen MR) is 62.8 cm³/mol. The molecule has 8 heteroatoms. The number of anilines is 1. The Morgan fingerprint density at radius 3 is 3.00 bits per heavy atom. The smallest absolute Gasteiger partial charge is 0.321 e. The van der Waals surface area contributed by atoms with Gasteiger partial charge in [0.05, 0.1) is 0 Å². The van der Waals surface area contributed by atoms with Gasteiger partial charge >= 0.3 is 6.03 Å². The van der Waals surface area contributed by atoms with Crippen molar-refractivity contribution in [3.63, 3.8) is 0 Å². The van der Waals surface area contributed by atoms with Gasteiger partial charge in [-0.15, -0.1) is 10.2 Å². The van der Waals surface area contributed by atoms with Crippen LogP contribution >= 0.6 is 11.3 Å². The van der Waals surface area contributed by atoms with E-state index in [1.165, 1.54) is 11.3 Å². The highest BCUT2D eigenvalue weighted by Crippen LogP contribution is 2.13. The number of carbonyl (C=O) groups is 2. The van der Waals surface area contributed by atoms with Gasteiger partial charge in [0.25, 0.3) is 0 Å². The number of carbonyl (C=O) groups excluding carboxylic acids is 2. The summed E-state index contributed by atoms with van der Waals surface area (Å²) in [5.41, 5.74) is 0. The molecule has 17 heavy (non-hydrogen) atoms. The minimum atomic E-state index is -0.460. The first-order chi connectivity index (χ1) is 8.15. The predicted octanol–water partition coefficient (Wildman–Crippen LogP) is 0.247. The second-order valence-corrected chi connectivity index (χ2v) is 4.89. The molecule has 1 aliphatic rings. The number of nitrogens with one attached hydrogen (secondary N) is 3. The van der Waals surface area contributed by atoms with Crippen LogP contribution in [0, 0.1) is 6.92 Å². The number of aryl methyl sites for hydroxylation is 1. The van der Waals surface area contributed by atoms with Gasteiger partial charge in [0.1, 0.15) is 11.0 Å². The van der Waals surface area contributed by atoms with E-state index in [4.69, 9.17) is 0 Å². The van der Waals surface area contributed by atoms with Crippen LogP contribution in [0.4, 0.5) is 9.93 Å². The SMILES string of the molecule is Cc1nnc(NC(=O)N[C@H]2CCCNC2=O)s1. The lowest BCUT2D eigenvalue weighted by atomic mass is 10.1. The Labute approximate surface area is 102 Å². The molecule has 0 aromatic carbocycles. The average molecular weight is 255 g/mol. The highest BCUT2D eigenvalue weighted by atomic mass is 32.1. The number of aromatic nitrogens is 2. The summed E-state index contributed by atoms with van der Waals surface area (Å²) in [6.07, 6.45) is 1.53. The quantitative estimate of drug-likeness (QED) is 0.705. The molecule has 1 aliphatic heterocycles. The Kier molecular flexibility index (Phi) is 3.52. The standard InChI is InChI=1S/C9H13N5O2S/c1-5-13-14-9(17-5)12-8(16)11-6-3-2-4-10-7(6)15/h6H,2-4H2,1H3,(H,10,15)(H2,11,12,14,16)/t6-/m0/s1. The lowest BCUT2D eigenvalue weighted by Crippen LogP contribution is -2.51. The van der Waals surface area contributed by atoms with Crippen molar-refractivity contribution in [3.05, 3.63) is 5.01 Å². The van der Waals surface area contributed by atoms with Gasteiger partial charge in [0.15, 0.2) is 0 Å². The Balaban J connectivity index is 1.86. The van der Waals surface area contributed by atoms with Crippen LogP contribution in [-0.2, 0) is 4.79 Å². The van der Waals surface area contributed by atoms with Crippen molar-refractivity contribution in [3.8, 4) is 0 Å². The number of hydrogen-bond acceptors (Lipinski definition) is 5. The molecule has 1 aromatic heterocycles. The van der Waals surface area contributed by atoms with E-state index in [2.05, 4.69) is 26.1 Å².